The van der Waals surface area contributed by atoms with Gasteiger partial charge in [0, 0.05) is 11.1 Å². The number of anilines is 2. The summed E-state index contributed by atoms with van der Waals surface area (Å²) in [6.45, 7) is 0. The summed E-state index contributed by atoms with van der Waals surface area (Å²) in [5.74, 6) is 0.567. The average Bonchev–Trinajstić information content (AvgIpc) is 2.33. The number of hydrogen-bond acceptors (Lipinski definition) is 4. The molecule has 2 aromatic rings. The minimum absolute atomic E-state index is 0.567. The first-order valence-electron chi connectivity index (χ1n) is 3.18. The zero-order valence-corrected chi connectivity index (χ0v) is 6.56. The fourth-order valence-electron chi connectivity index (χ4n) is 0.975. The van der Waals surface area contributed by atoms with Gasteiger partial charge < -0.3 is 11.5 Å². The Hall–Kier alpha value is -1.29. The van der Waals surface area contributed by atoms with Gasteiger partial charge in [-0.1, -0.05) is 0 Å². The van der Waals surface area contributed by atoms with Gasteiger partial charge in [0.1, 0.15) is 5.82 Å². The smallest absolute Gasteiger partial charge is 0.145 e. The topological polar surface area (TPSA) is 64.9 Å². The van der Waals surface area contributed by atoms with E-state index in [1.54, 1.807) is 0 Å². The summed E-state index contributed by atoms with van der Waals surface area (Å²) in [7, 11) is 0. The molecule has 3 nitrogen and oxygen atoms in total. The van der Waals surface area contributed by atoms with Gasteiger partial charge in [-0.2, -0.15) is 4.37 Å². The van der Waals surface area contributed by atoms with Crippen molar-refractivity contribution in [2.75, 3.05) is 11.5 Å². The van der Waals surface area contributed by atoms with Gasteiger partial charge >= 0.3 is 0 Å². The van der Waals surface area contributed by atoms with Crippen molar-refractivity contribution in [1.29, 1.82) is 0 Å². The van der Waals surface area contributed by atoms with Crippen LogP contribution < -0.4 is 11.5 Å². The average molecular weight is 165 g/mol. The van der Waals surface area contributed by atoms with Crippen molar-refractivity contribution in [2.24, 2.45) is 0 Å². The highest BCUT2D eigenvalue weighted by Crippen LogP contribution is 2.25. The molecule has 0 saturated carbocycles. The Morgan fingerprint density at radius 2 is 2.09 bits per heavy atom. The number of hydrogen-bond donors (Lipinski definition) is 2. The molecule has 11 heavy (non-hydrogen) atoms. The third-order valence-electron chi connectivity index (χ3n) is 1.52. The van der Waals surface area contributed by atoms with Crippen molar-refractivity contribution in [2.45, 2.75) is 0 Å². The fourth-order valence-corrected chi connectivity index (χ4v) is 1.66. The van der Waals surface area contributed by atoms with Gasteiger partial charge in [0.2, 0.25) is 0 Å². The second-order valence-corrected chi connectivity index (χ2v) is 3.13. The maximum Gasteiger partial charge on any atom is 0.145 e. The predicted octanol–water partition coefficient (Wildman–Crippen LogP) is 1.46. The fraction of sp³-hybridized carbons (Fsp3) is 0. The molecule has 0 saturated heterocycles. The van der Waals surface area contributed by atoms with Crippen LogP contribution in [0.2, 0.25) is 0 Å². The number of benzene rings is 1. The van der Waals surface area contributed by atoms with Gasteiger partial charge in [-0.3, -0.25) is 0 Å². The standard InChI is InChI=1S/C7H7N3S/c8-4-1-2-6-5(3-4)7(9)10-11-6/h1-3H,8H2,(H2,9,10). The highest BCUT2D eigenvalue weighted by Gasteiger charge is 2.00. The lowest BCUT2D eigenvalue weighted by Crippen LogP contribution is -1.85. The summed E-state index contributed by atoms with van der Waals surface area (Å²) in [5.41, 5.74) is 11.9. The van der Waals surface area contributed by atoms with E-state index in [4.69, 9.17) is 11.5 Å². The van der Waals surface area contributed by atoms with Crippen LogP contribution in [0.15, 0.2) is 18.2 Å². The maximum atomic E-state index is 5.59. The normalized spacial score (nSPS) is 10.5. The predicted molar refractivity (Wildman–Crippen MR) is 48.4 cm³/mol. The molecule has 0 atom stereocenters. The van der Waals surface area contributed by atoms with E-state index < -0.39 is 0 Å². The molecule has 0 radical (unpaired) electrons. The largest absolute Gasteiger partial charge is 0.399 e. The van der Waals surface area contributed by atoms with Crippen molar-refractivity contribution in [1.82, 2.24) is 4.37 Å². The lowest BCUT2D eigenvalue weighted by Gasteiger charge is -1.91. The van der Waals surface area contributed by atoms with E-state index in [0.717, 1.165) is 15.8 Å². The second-order valence-electron chi connectivity index (χ2n) is 2.32. The molecule has 0 fully saturated rings. The van der Waals surface area contributed by atoms with Crippen LogP contribution in [0.1, 0.15) is 0 Å². The van der Waals surface area contributed by atoms with Crippen LogP contribution in [-0.2, 0) is 0 Å². The van der Waals surface area contributed by atoms with Crippen LogP contribution in [0.4, 0.5) is 11.5 Å². The lowest BCUT2D eigenvalue weighted by molar-refractivity contribution is 1.58. The Morgan fingerprint density at radius 1 is 1.27 bits per heavy atom. The lowest BCUT2D eigenvalue weighted by atomic mass is 10.2. The van der Waals surface area contributed by atoms with Crippen LogP contribution in [-0.4, -0.2) is 4.37 Å². The molecule has 0 unspecified atom stereocenters. The zero-order valence-electron chi connectivity index (χ0n) is 5.74. The van der Waals surface area contributed by atoms with Crippen LogP contribution >= 0.6 is 11.5 Å². The van der Waals surface area contributed by atoms with Gasteiger partial charge in [0.25, 0.3) is 0 Å². The number of rotatable bonds is 0. The van der Waals surface area contributed by atoms with Gasteiger partial charge in [0.05, 0.1) is 4.70 Å². The van der Waals surface area contributed by atoms with E-state index in [9.17, 15) is 0 Å². The van der Waals surface area contributed by atoms with Crippen LogP contribution in [0, 0.1) is 0 Å². The molecule has 2 rings (SSSR count). The quantitative estimate of drug-likeness (QED) is 0.581. The van der Waals surface area contributed by atoms with Crippen LogP contribution in [0.25, 0.3) is 10.1 Å². The maximum absolute atomic E-state index is 5.59. The van der Waals surface area contributed by atoms with Crippen LogP contribution in [0.3, 0.4) is 0 Å². The van der Waals surface area contributed by atoms with Crippen molar-refractivity contribution in [3.8, 4) is 0 Å². The molecule has 56 valence electrons. The second kappa shape index (κ2) is 2.10. The molecule has 4 N–H and O–H groups in total. The number of nitrogens with zero attached hydrogens (tertiary/aromatic N) is 1. The van der Waals surface area contributed by atoms with Gasteiger partial charge in [-0.25, -0.2) is 0 Å². The number of aromatic nitrogens is 1. The van der Waals surface area contributed by atoms with Crippen LogP contribution in [0.5, 0.6) is 0 Å². The Kier molecular flexibility index (Phi) is 1.22. The van der Waals surface area contributed by atoms with Crippen molar-refractivity contribution >= 4 is 33.1 Å². The molecule has 4 heteroatoms. The molecule has 0 spiro atoms. The molecule has 0 amide bonds. The summed E-state index contributed by atoms with van der Waals surface area (Å²) in [5, 5.41) is 0.954. The van der Waals surface area contributed by atoms with Crippen molar-refractivity contribution in [3.63, 3.8) is 0 Å². The SMILES string of the molecule is Nc1ccc2snc(N)c2c1. The summed E-state index contributed by atoms with van der Waals surface area (Å²) >= 11 is 1.39. The Balaban J connectivity index is 2.87. The first kappa shape index (κ1) is 6.42. The minimum atomic E-state index is 0.567. The molecule has 1 heterocycles. The Bertz CT molecular complexity index is 393. The first-order valence-corrected chi connectivity index (χ1v) is 3.95. The Morgan fingerprint density at radius 3 is 2.91 bits per heavy atom. The van der Waals surface area contributed by atoms with E-state index in [2.05, 4.69) is 4.37 Å². The van der Waals surface area contributed by atoms with E-state index in [1.807, 2.05) is 18.2 Å². The Labute approximate surface area is 67.8 Å². The molecule has 1 aromatic heterocycles. The van der Waals surface area contributed by atoms with Gasteiger partial charge in [-0.15, -0.1) is 0 Å². The summed E-state index contributed by atoms with van der Waals surface area (Å²) in [6.07, 6.45) is 0. The molecular weight excluding hydrogens is 158 g/mol. The molecule has 0 bridgehead atoms. The molecule has 0 aliphatic rings. The van der Waals surface area contributed by atoms with E-state index >= 15 is 0 Å². The molecular formula is C7H7N3S. The zero-order chi connectivity index (χ0) is 7.84. The molecule has 0 aliphatic carbocycles. The van der Waals surface area contributed by atoms with E-state index in [0.29, 0.717) is 5.82 Å². The first-order chi connectivity index (χ1) is 5.27. The number of nitrogen functional groups attached to an aromatic ring is 2. The van der Waals surface area contributed by atoms with E-state index in [-0.39, 0.29) is 0 Å². The van der Waals surface area contributed by atoms with Gasteiger partial charge in [-0.05, 0) is 29.7 Å². The highest BCUT2D eigenvalue weighted by molar-refractivity contribution is 7.13. The third-order valence-corrected chi connectivity index (χ3v) is 2.36. The van der Waals surface area contributed by atoms with Crippen molar-refractivity contribution in [3.05, 3.63) is 18.2 Å². The minimum Gasteiger partial charge on any atom is -0.399 e. The third kappa shape index (κ3) is 0.914. The number of nitrogens with two attached hydrogens (primary N) is 2. The van der Waals surface area contributed by atoms with Gasteiger partial charge in [0.15, 0.2) is 0 Å². The molecule has 0 aliphatic heterocycles. The summed E-state index contributed by atoms with van der Waals surface area (Å²) in [6, 6.07) is 5.62. The number of fused-ring (bicyclic) bond motifs is 1. The summed E-state index contributed by atoms with van der Waals surface area (Å²) < 4.78 is 5.08. The highest BCUT2D eigenvalue weighted by atomic mass is 32.1. The van der Waals surface area contributed by atoms with Crippen molar-refractivity contribution < 1.29 is 0 Å². The molecule has 1 aromatic carbocycles. The summed E-state index contributed by atoms with van der Waals surface area (Å²) in [4.78, 5) is 0. The monoisotopic (exact) mass is 165 g/mol. The van der Waals surface area contributed by atoms with E-state index in [1.165, 1.54) is 11.5 Å².